The number of likely N-dealkylation sites (tertiary alicyclic amines) is 1. The van der Waals surface area contributed by atoms with Gasteiger partial charge in [0.25, 0.3) is 0 Å². The van der Waals surface area contributed by atoms with E-state index in [0.717, 1.165) is 0 Å². The minimum absolute atomic E-state index is 0.00933. The van der Waals surface area contributed by atoms with E-state index < -0.39 is 10.9 Å². The Morgan fingerprint density at radius 2 is 2.50 bits per heavy atom. The largest absolute Gasteiger partial charge is 0.464 e. The van der Waals surface area contributed by atoms with E-state index in [1.807, 2.05) is 0 Å². The first-order valence-corrected chi connectivity index (χ1v) is 4.68. The molecule has 1 heterocycles. The minimum Gasteiger partial charge on any atom is -0.464 e. The van der Waals surface area contributed by atoms with E-state index in [2.05, 4.69) is 15.9 Å². The molecule has 5 heteroatoms. The number of halogens is 1. The van der Waals surface area contributed by atoms with Crippen LogP contribution in [0.15, 0.2) is 0 Å². The summed E-state index contributed by atoms with van der Waals surface area (Å²) in [6, 6.07) is 0. The third-order valence-electron chi connectivity index (χ3n) is 1.64. The quantitative estimate of drug-likeness (QED) is 0.310. The van der Waals surface area contributed by atoms with E-state index in [1.165, 1.54) is 4.90 Å². The summed E-state index contributed by atoms with van der Waals surface area (Å²) >= 11 is 3.09. The zero-order valence-electron chi connectivity index (χ0n) is 6.75. The molecule has 0 spiro atoms. The highest BCUT2D eigenvalue weighted by atomic mass is 79.9. The molecule has 12 heavy (non-hydrogen) atoms. The summed E-state index contributed by atoms with van der Waals surface area (Å²) in [5, 5.41) is 0. The van der Waals surface area contributed by atoms with Gasteiger partial charge in [-0.05, 0) is 6.92 Å². The summed E-state index contributed by atoms with van der Waals surface area (Å²) in [6.45, 7) is 2.70. The fourth-order valence-electron chi connectivity index (χ4n) is 0.910. The van der Waals surface area contributed by atoms with Crippen LogP contribution in [-0.2, 0) is 14.3 Å². The van der Waals surface area contributed by atoms with E-state index in [4.69, 9.17) is 4.74 Å². The van der Waals surface area contributed by atoms with Crippen molar-refractivity contribution in [2.24, 2.45) is 0 Å². The summed E-state index contributed by atoms with van der Waals surface area (Å²) in [4.78, 5) is 22.8. The maximum Gasteiger partial charge on any atom is 0.340 e. The van der Waals surface area contributed by atoms with E-state index in [1.54, 1.807) is 6.92 Å². The van der Waals surface area contributed by atoms with Gasteiger partial charge >= 0.3 is 5.97 Å². The highest BCUT2D eigenvalue weighted by Crippen LogP contribution is 2.18. The van der Waals surface area contributed by atoms with Gasteiger partial charge in [-0.2, -0.15) is 0 Å². The molecule has 1 saturated heterocycles. The second-order valence-electron chi connectivity index (χ2n) is 2.42. The third kappa shape index (κ3) is 1.77. The van der Waals surface area contributed by atoms with Gasteiger partial charge in [0.05, 0.1) is 6.61 Å². The van der Waals surface area contributed by atoms with Crippen LogP contribution in [0.4, 0.5) is 0 Å². The predicted octanol–water partition coefficient (Wildman–Crippen LogP) is 0.503. The smallest absolute Gasteiger partial charge is 0.340 e. The number of carbonyl (C=O) groups is 2. The van der Waals surface area contributed by atoms with Crippen LogP contribution >= 0.6 is 15.9 Å². The number of hydrogen-bond donors (Lipinski definition) is 0. The fraction of sp³-hybridized carbons (Fsp3) is 0.714. The van der Waals surface area contributed by atoms with E-state index in [-0.39, 0.29) is 5.91 Å². The molecule has 0 N–H and O–H groups in total. The summed E-state index contributed by atoms with van der Waals surface area (Å²) in [7, 11) is 0. The second kappa shape index (κ2) is 3.89. The summed E-state index contributed by atoms with van der Waals surface area (Å²) in [5.41, 5.74) is 0. The number of carbonyl (C=O) groups excluding carboxylic acids is 2. The average molecular weight is 236 g/mol. The molecule has 68 valence electrons. The molecule has 1 amide bonds. The molecular formula is C7H10BrNO3. The van der Waals surface area contributed by atoms with Gasteiger partial charge in [0.1, 0.15) is 0 Å². The molecule has 1 unspecified atom stereocenters. The summed E-state index contributed by atoms with van der Waals surface area (Å²) in [6.07, 6.45) is 0.529. The van der Waals surface area contributed by atoms with Gasteiger partial charge in [-0.1, -0.05) is 15.9 Å². The first-order chi connectivity index (χ1) is 5.66. The Morgan fingerprint density at radius 1 is 1.83 bits per heavy atom. The molecule has 0 bridgehead atoms. The van der Waals surface area contributed by atoms with Crippen LogP contribution in [0, 0.1) is 0 Å². The number of ether oxygens (including phenoxy) is 1. The van der Waals surface area contributed by atoms with Crippen molar-refractivity contribution in [3.63, 3.8) is 0 Å². The fourth-order valence-corrected chi connectivity index (χ4v) is 1.48. The van der Waals surface area contributed by atoms with E-state index in [0.29, 0.717) is 19.6 Å². The number of rotatable bonds is 3. The van der Waals surface area contributed by atoms with Crippen molar-refractivity contribution in [2.45, 2.75) is 18.3 Å². The topological polar surface area (TPSA) is 46.6 Å². The van der Waals surface area contributed by atoms with Crippen molar-refractivity contribution in [3.8, 4) is 0 Å². The van der Waals surface area contributed by atoms with Gasteiger partial charge in [0.2, 0.25) is 5.91 Å². The minimum atomic E-state index is -0.598. The Bertz CT molecular complexity index is 207. The third-order valence-corrected chi connectivity index (χ3v) is 2.51. The van der Waals surface area contributed by atoms with Crippen molar-refractivity contribution < 1.29 is 14.3 Å². The second-order valence-corrected chi connectivity index (χ2v) is 3.29. The van der Waals surface area contributed by atoms with E-state index in [9.17, 15) is 9.59 Å². The molecule has 0 saturated carbocycles. The Morgan fingerprint density at radius 3 is 2.83 bits per heavy atom. The number of nitrogens with zero attached hydrogens (tertiary/aromatic N) is 1. The van der Waals surface area contributed by atoms with Gasteiger partial charge in [-0.3, -0.25) is 4.79 Å². The Hall–Kier alpha value is -0.580. The van der Waals surface area contributed by atoms with Crippen LogP contribution in [0.2, 0.25) is 0 Å². The van der Waals surface area contributed by atoms with Crippen molar-refractivity contribution in [2.75, 3.05) is 13.2 Å². The number of hydrogen-bond acceptors (Lipinski definition) is 3. The normalized spacial score (nSPS) is 18.5. The average Bonchev–Trinajstić information content (AvgIpc) is 2.02. The molecule has 0 radical (unpaired) electrons. The zero-order valence-corrected chi connectivity index (χ0v) is 8.33. The van der Waals surface area contributed by atoms with Gasteiger partial charge in [-0.15, -0.1) is 0 Å². The van der Waals surface area contributed by atoms with Crippen molar-refractivity contribution in [1.29, 1.82) is 0 Å². The molecule has 0 aliphatic carbocycles. The molecule has 1 aliphatic heterocycles. The van der Waals surface area contributed by atoms with Crippen molar-refractivity contribution in [1.82, 2.24) is 4.90 Å². The molecule has 0 aromatic heterocycles. The van der Waals surface area contributed by atoms with Crippen LogP contribution in [0.25, 0.3) is 0 Å². The Balaban J connectivity index is 2.41. The number of esters is 1. The SMILES string of the molecule is CCOC(=O)C(Br)N1CCC1=O. The van der Waals surface area contributed by atoms with Gasteiger partial charge in [0, 0.05) is 13.0 Å². The maximum absolute atomic E-state index is 11.1. The number of β-lactam (4-membered cyclic amide) rings is 1. The lowest BCUT2D eigenvalue weighted by molar-refractivity contribution is -0.154. The predicted molar refractivity (Wildman–Crippen MR) is 45.7 cm³/mol. The van der Waals surface area contributed by atoms with Crippen LogP contribution in [-0.4, -0.2) is 34.9 Å². The molecular weight excluding hydrogens is 226 g/mol. The Labute approximate surface area is 79.0 Å². The van der Waals surface area contributed by atoms with Crippen LogP contribution in [0.1, 0.15) is 13.3 Å². The number of amides is 1. The molecule has 1 aliphatic rings. The van der Waals surface area contributed by atoms with Gasteiger partial charge in [0.15, 0.2) is 4.95 Å². The summed E-state index contributed by atoms with van der Waals surface area (Å²) < 4.78 is 4.73. The standard InChI is InChI=1S/C7H10BrNO3/c1-2-12-7(11)6(8)9-4-3-5(9)10/h6H,2-4H2,1H3. The first kappa shape index (κ1) is 9.51. The van der Waals surface area contributed by atoms with Gasteiger partial charge in [-0.25, -0.2) is 4.79 Å². The maximum atomic E-state index is 11.1. The van der Waals surface area contributed by atoms with Crippen LogP contribution in [0.3, 0.4) is 0 Å². The van der Waals surface area contributed by atoms with Gasteiger partial charge < -0.3 is 9.64 Å². The highest BCUT2D eigenvalue weighted by molar-refractivity contribution is 9.09. The molecule has 0 aromatic carbocycles. The monoisotopic (exact) mass is 235 g/mol. The Kier molecular flexibility index (Phi) is 3.08. The lowest BCUT2D eigenvalue weighted by atomic mass is 10.2. The van der Waals surface area contributed by atoms with E-state index >= 15 is 0 Å². The lowest BCUT2D eigenvalue weighted by Gasteiger charge is -2.33. The zero-order chi connectivity index (χ0) is 9.14. The molecule has 4 nitrogen and oxygen atoms in total. The highest BCUT2D eigenvalue weighted by Gasteiger charge is 2.34. The molecule has 0 aromatic rings. The van der Waals surface area contributed by atoms with Crippen molar-refractivity contribution >= 4 is 27.8 Å². The molecule has 1 fully saturated rings. The molecule has 1 atom stereocenters. The van der Waals surface area contributed by atoms with Crippen molar-refractivity contribution in [3.05, 3.63) is 0 Å². The van der Waals surface area contributed by atoms with Crippen LogP contribution in [0.5, 0.6) is 0 Å². The number of alkyl halides is 1. The molecule has 1 rings (SSSR count). The van der Waals surface area contributed by atoms with Crippen LogP contribution < -0.4 is 0 Å². The first-order valence-electron chi connectivity index (χ1n) is 3.77. The lowest BCUT2D eigenvalue weighted by Crippen LogP contribution is -2.50. The summed E-state index contributed by atoms with van der Waals surface area (Å²) in [5.74, 6) is -0.407.